The number of ether oxygens (including phenoxy) is 8. The summed E-state index contributed by atoms with van der Waals surface area (Å²) < 4.78 is 49.3. The molecule has 0 spiro atoms. The second-order valence-corrected chi connectivity index (χ2v) is 15.6. The molecular weight excluding hydrogens is 785 g/mol. The van der Waals surface area contributed by atoms with Crippen molar-refractivity contribution in [1.82, 2.24) is 0 Å². The van der Waals surface area contributed by atoms with Crippen LogP contribution >= 0.6 is 0 Å². The summed E-state index contributed by atoms with van der Waals surface area (Å²) >= 11 is 0. The lowest BCUT2D eigenvalue weighted by molar-refractivity contribution is -0.139. The van der Waals surface area contributed by atoms with Crippen molar-refractivity contribution in [3.05, 3.63) is 61.7 Å². The summed E-state index contributed by atoms with van der Waals surface area (Å²) in [5.41, 5.74) is 0. The van der Waals surface area contributed by atoms with Crippen molar-refractivity contribution >= 4 is 44.3 Å². The second-order valence-electron chi connectivity index (χ2n) is 15.6. The Labute approximate surface area is 370 Å². The maximum atomic E-state index is 11.9. The molecule has 10 heteroatoms. The highest BCUT2D eigenvalue weighted by Gasteiger charge is 2.21. The van der Waals surface area contributed by atoms with E-state index in [2.05, 4.69) is 59.1 Å². The van der Waals surface area contributed by atoms with Crippen molar-refractivity contribution in [3.8, 4) is 34.5 Å². The van der Waals surface area contributed by atoms with Crippen LogP contribution in [0.1, 0.15) is 130 Å². The zero-order chi connectivity index (χ0) is 44.4. The van der Waals surface area contributed by atoms with Gasteiger partial charge in [0, 0.05) is 12.2 Å². The van der Waals surface area contributed by atoms with Gasteiger partial charge in [-0.1, -0.05) is 118 Å². The summed E-state index contributed by atoms with van der Waals surface area (Å²) in [6.45, 7) is 18.3. The van der Waals surface area contributed by atoms with Crippen molar-refractivity contribution in [2.24, 2.45) is 0 Å². The smallest absolute Gasteiger partial charge is 0.330 e. The molecule has 62 heavy (non-hydrogen) atoms. The molecule has 0 aliphatic carbocycles. The van der Waals surface area contributed by atoms with Gasteiger partial charge in [0.05, 0.1) is 26.4 Å². The van der Waals surface area contributed by atoms with Crippen molar-refractivity contribution in [1.29, 1.82) is 0 Å². The minimum atomic E-state index is -0.510. The predicted molar refractivity (Wildman–Crippen MR) is 251 cm³/mol. The van der Waals surface area contributed by atoms with E-state index in [1.165, 1.54) is 0 Å². The van der Waals surface area contributed by atoms with Gasteiger partial charge in [-0.15, -0.1) is 0 Å². The summed E-state index contributed by atoms with van der Waals surface area (Å²) in [7, 11) is 0. The van der Waals surface area contributed by atoms with Gasteiger partial charge < -0.3 is 37.9 Å². The number of rotatable bonds is 34. The van der Waals surface area contributed by atoms with Crippen molar-refractivity contribution in [3.63, 3.8) is 0 Å². The number of carbonyl (C=O) groups is 2. The van der Waals surface area contributed by atoms with Gasteiger partial charge in [-0.3, -0.25) is 0 Å². The first-order valence-corrected chi connectivity index (χ1v) is 23.3. The third-order valence-electron chi connectivity index (χ3n) is 10.6. The highest BCUT2D eigenvalue weighted by Crippen LogP contribution is 2.47. The Morgan fingerprint density at radius 2 is 0.581 bits per heavy atom. The molecule has 0 N–H and O–H groups in total. The van der Waals surface area contributed by atoms with Crippen molar-refractivity contribution in [2.45, 2.75) is 130 Å². The molecule has 340 valence electrons. The third-order valence-corrected chi connectivity index (χ3v) is 10.6. The average Bonchev–Trinajstić information content (AvgIpc) is 3.28. The Morgan fingerprint density at radius 1 is 0.355 bits per heavy atom. The topological polar surface area (TPSA) is 108 Å². The van der Waals surface area contributed by atoms with Gasteiger partial charge in [-0.25, -0.2) is 9.59 Å². The van der Waals surface area contributed by atoms with E-state index in [-0.39, 0.29) is 26.4 Å². The Kier molecular flexibility index (Phi) is 22.7. The molecule has 0 aliphatic rings. The van der Waals surface area contributed by atoms with E-state index in [1.54, 1.807) is 0 Å². The van der Waals surface area contributed by atoms with Crippen LogP contribution in [0.2, 0.25) is 0 Å². The number of carbonyl (C=O) groups excluding carboxylic acids is 2. The number of benzene rings is 4. The molecule has 4 rings (SSSR count). The third kappa shape index (κ3) is 15.7. The number of unbranched alkanes of at least 4 members (excludes halogenated alkanes) is 12. The van der Waals surface area contributed by atoms with Crippen molar-refractivity contribution in [2.75, 3.05) is 52.9 Å². The van der Waals surface area contributed by atoms with E-state index < -0.39 is 11.9 Å². The molecule has 0 saturated carbocycles. The molecule has 0 radical (unpaired) electrons. The first-order chi connectivity index (χ1) is 30.4. The Hall–Kier alpha value is -5.12. The van der Waals surface area contributed by atoms with E-state index in [4.69, 9.17) is 37.9 Å². The zero-order valence-electron chi connectivity index (χ0n) is 38.1. The zero-order valence-corrected chi connectivity index (χ0v) is 38.1. The molecule has 0 saturated heterocycles. The molecular formula is C52H72O10. The van der Waals surface area contributed by atoms with Gasteiger partial charge in [-0.05, 0) is 94.4 Å². The fraction of sp³-hybridized carbons (Fsp3) is 0.538. The molecule has 0 aromatic heterocycles. The molecule has 0 aliphatic heterocycles. The molecule has 0 unspecified atom stereocenters. The fourth-order valence-electron chi connectivity index (χ4n) is 7.24. The molecule has 10 nitrogen and oxygen atoms in total. The predicted octanol–water partition coefficient (Wildman–Crippen LogP) is 13.2. The van der Waals surface area contributed by atoms with Gasteiger partial charge in [0.25, 0.3) is 0 Å². The number of fused-ring (bicyclic) bond motifs is 6. The van der Waals surface area contributed by atoms with Gasteiger partial charge in [-0.2, -0.15) is 0 Å². The van der Waals surface area contributed by atoms with Crippen molar-refractivity contribution < 1.29 is 47.5 Å². The summed E-state index contributed by atoms with van der Waals surface area (Å²) in [4.78, 5) is 23.7. The maximum absolute atomic E-state index is 11.9. The normalized spacial score (nSPS) is 11.1. The van der Waals surface area contributed by atoms with Gasteiger partial charge in [0.15, 0.2) is 34.5 Å². The monoisotopic (exact) mass is 857 g/mol. The summed E-state index contributed by atoms with van der Waals surface area (Å²) in [6, 6.07) is 12.3. The van der Waals surface area contributed by atoms with E-state index in [9.17, 15) is 9.59 Å². The van der Waals surface area contributed by atoms with E-state index in [0.717, 1.165) is 147 Å². The van der Waals surface area contributed by atoms with Gasteiger partial charge >= 0.3 is 11.9 Å². The van der Waals surface area contributed by atoms with Crippen LogP contribution in [0.5, 0.6) is 34.5 Å². The largest absolute Gasteiger partial charge is 0.490 e. The lowest BCUT2D eigenvalue weighted by Crippen LogP contribution is -2.11. The fourth-order valence-corrected chi connectivity index (χ4v) is 7.24. The van der Waals surface area contributed by atoms with Gasteiger partial charge in [0.2, 0.25) is 0 Å². The van der Waals surface area contributed by atoms with Crippen LogP contribution in [0, 0.1) is 0 Å². The maximum Gasteiger partial charge on any atom is 0.330 e. The molecule has 0 atom stereocenters. The Morgan fingerprint density at radius 3 is 0.790 bits per heavy atom. The minimum absolute atomic E-state index is 0.0519. The van der Waals surface area contributed by atoms with Crippen LogP contribution in [0.4, 0.5) is 0 Å². The molecule has 0 fully saturated rings. The van der Waals surface area contributed by atoms with E-state index >= 15 is 0 Å². The molecule has 0 heterocycles. The minimum Gasteiger partial charge on any atom is -0.490 e. The standard InChI is InChI=1S/C52H72O10/c1-7-13-17-21-25-55-45-33-39-40(34-46(45)56-26-22-18-14-8-2)43-37-49(59-29-31-61-51(53)11-5)48(58-28-24-20-16-10-4)36-42(43)44-38-50(60-30-32-62-52(54)12-6)47(35-41(39)44)57-27-23-19-15-9-3/h11-12,33-38H,5-10,13-32H2,1-4H3. The molecule has 0 bridgehead atoms. The van der Waals surface area contributed by atoms with Crippen LogP contribution in [-0.4, -0.2) is 64.8 Å². The number of hydrogen-bond donors (Lipinski definition) is 0. The Balaban J connectivity index is 1.97. The molecule has 4 aromatic carbocycles. The SMILES string of the molecule is C=CC(=O)OCCOc1cc2c3cc(OCCCCCC)c(OCCCCCC)cc3c3cc(OCCCCCC)c(OCCOC(=O)C=C)cc3c2cc1OCCCCCC. The second kappa shape index (κ2) is 28.5. The first kappa shape index (κ1) is 49.5. The highest BCUT2D eigenvalue weighted by molar-refractivity contribution is 6.26. The summed E-state index contributed by atoms with van der Waals surface area (Å²) in [6.07, 6.45) is 19.4. The van der Waals surface area contributed by atoms with Crippen LogP contribution in [0.15, 0.2) is 61.7 Å². The van der Waals surface area contributed by atoms with Crippen LogP contribution < -0.4 is 28.4 Å². The van der Waals surface area contributed by atoms with E-state index in [0.29, 0.717) is 60.9 Å². The van der Waals surface area contributed by atoms with Crippen LogP contribution in [0.25, 0.3) is 32.3 Å². The molecule has 0 amide bonds. The summed E-state index contributed by atoms with van der Waals surface area (Å²) in [5.74, 6) is 2.63. The number of hydrogen-bond acceptors (Lipinski definition) is 10. The van der Waals surface area contributed by atoms with Crippen LogP contribution in [0.3, 0.4) is 0 Å². The average molecular weight is 857 g/mol. The van der Waals surface area contributed by atoms with Gasteiger partial charge in [0.1, 0.15) is 26.4 Å². The lowest BCUT2D eigenvalue weighted by Gasteiger charge is -2.21. The highest BCUT2D eigenvalue weighted by atomic mass is 16.6. The number of esters is 2. The quantitative estimate of drug-likeness (QED) is 0.0195. The van der Waals surface area contributed by atoms with Crippen LogP contribution in [-0.2, 0) is 19.1 Å². The Bertz CT molecular complexity index is 1940. The molecule has 4 aromatic rings. The lowest BCUT2D eigenvalue weighted by atomic mass is 9.93. The first-order valence-electron chi connectivity index (χ1n) is 23.3. The summed E-state index contributed by atoms with van der Waals surface area (Å²) in [5, 5.41) is 5.59. The van der Waals surface area contributed by atoms with E-state index in [1.807, 2.05) is 18.2 Å².